The van der Waals surface area contributed by atoms with Gasteiger partial charge in [0.2, 0.25) is 0 Å². The summed E-state index contributed by atoms with van der Waals surface area (Å²) in [6.07, 6.45) is 1.64. The van der Waals surface area contributed by atoms with Crippen molar-refractivity contribution < 1.29 is 0 Å². The molecule has 90 valence electrons. The molecule has 0 radical (unpaired) electrons. The van der Waals surface area contributed by atoms with Gasteiger partial charge in [-0.3, -0.25) is 4.79 Å². The monoisotopic (exact) mass is 250 g/mol. The van der Waals surface area contributed by atoms with Gasteiger partial charge >= 0.3 is 0 Å². The van der Waals surface area contributed by atoms with Gasteiger partial charge in [0, 0.05) is 19.2 Å². The van der Waals surface area contributed by atoms with Crippen molar-refractivity contribution in [2.75, 3.05) is 18.4 Å². The Balaban J connectivity index is 2.12. The normalized spacial score (nSPS) is 10.4. The lowest BCUT2D eigenvalue weighted by atomic mass is 10.3. The zero-order valence-corrected chi connectivity index (χ0v) is 10.1. The number of nitrogens with one attached hydrogen (secondary N) is 1. The van der Waals surface area contributed by atoms with Gasteiger partial charge in [0.25, 0.3) is 5.56 Å². The van der Waals surface area contributed by atoms with Crippen molar-refractivity contribution >= 4 is 17.0 Å². The Hall–Kier alpha value is -1.66. The summed E-state index contributed by atoms with van der Waals surface area (Å²) >= 11 is 1.61. The van der Waals surface area contributed by atoms with E-state index < -0.39 is 0 Å². The highest BCUT2D eigenvalue weighted by molar-refractivity contribution is 7.07. The van der Waals surface area contributed by atoms with Crippen LogP contribution in [0.4, 0.5) is 5.69 Å². The van der Waals surface area contributed by atoms with Crippen molar-refractivity contribution in [3.63, 3.8) is 0 Å². The average Bonchev–Trinajstić information content (AvgIpc) is 2.82. The second-order valence-corrected chi connectivity index (χ2v) is 4.37. The Morgan fingerprint density at radius 1 is 1.53 bits per heavy atom. The maximum absolute atomic E-state index is 11.8. The predicted molar refractivity (Wildman–Crippen MR) is 69.5 cm³/mol. The molecule has 0 aliphatic carbocycles. The van der Waals surface area contributed by atoms with E-state index in [1.807, 2.05) is 16.8 Å². The third-order valence-corrected chi connectivity index (χ3v) is 2.99. The van der Waals surface area contributed by atoms with Gasteiger partial charge in [-0.15, -0.1) is 0 Å². The summed E-state index contributed by atoms with van der Waals surface area (Å²) in [7, 11) is 0. The van der Waals surface area contributed by atoms with Crippen molar-refractivity contribution in [3.05, 3.63) is 45.0 Å². The summed E-state index contributed by atoms with van der Waals surface area (Å²) in [4.78, 5) is 11.8. The summed E-state index contributed by atoms with van der Waals surface area (Å²) in [5, 5.41) is 11.1. The quantitative estimate of drug-likeness (QED) is 0.820. The van der Waals surface area contributed by atoms with Crippen LogP contribution < -0.4 is 16.6 Å². The average molecular weight is 250 g/mol. The van der Waals surface area contributed by atoms with E-state index in [1.54, 1.807) is 17.5 Å². The highest BCUT2D eigenvalue weighted by atomic mass is 32.1. The highest BCUT2D eigenvalue weighted by Gasteiger charge is 2.01. The van der Waals surface area contributed by atoms with E-state index in [0.29, 0.717) is 25.3 Å². The number of rotatable bonds is 5. The molecule has 17 heavy (non-hydrogen) atoms. The Kier molecular flexibility index (Phi) is 3.89. The zero-order chi connectivity index (χ0) is 12.1. The van der Waals surface area contributed by atoms with Gasteiger partial charge in [0.1, 0.15) is 0 Å². The van der Waals surface area contributed by atoms with Crippen LogP contribution in [0.5, 0.6) is 0 Å². The highest BCUT2D eigenvalue weighted by Crippen LogP contribution is 2.06. The third kappa shape index (κ3) is 3.15. The molecular formula is C11H14N4OS. The Labute approximate surface area is 103 Å². The van der Waals surface area contributed by atoms with E-state index in [2.05, 4.69) is 10.4 Å². The second-order valence-electron chi connectivity index (χ2n) is 3.59. The van der Waals surface area contributed by atoms with Gasteiger partial charge in [-0.05, 0) is 22.4 Å². The molecule has 0 aliphatic heterocycles. The fourth-order valence-corrected chi connectivity index (χ4v) is 2.08. The minimum absolute atomic E-state index is 0.113. The number of hydrogen-bond acceptors (Lipinski definition) is 5. The SMILES string of the molecule is NCCNc1cnn(Cc2ccsc2)c(=O)c1. The van der Waals surface area contributed by atoms with E-state index in [0.717, 1.165) is 5.56 Å². The molecule has 2 heterocycles. The van der Waals surface area contributed by atoms with Crippen molar-refractivity contribution in [2.24, 2.45) is 5.73 Å². The molecule has 0 bridgehead atoms. The number of anilines is 1. The molecule has 0 amide bonds. The first-order valence-electron chi connectivity index (χ1n) is 5.32. The molecule has 5 nitrogen and oxygen atoms in total. The van der Waals surface area contributed by atoms with Crippen LogP contribution in [0, 0.1) is 0 Å². The molecule has 2 rings (SSSR count). The lowest BCUT2D eigenvalue weighted by molar-refractivity contribution is 0.641. The van der Waals surface area contributed by atoms with Crippen molar-refractivity contribution in [3.8, 4) is 0 Å². The van der Waals surface area contributed by atoms with Crippen LogP contribution in [0.1, 0.15) is 5.56 Å². The first kappa shape index (κ1) is 11.8. The van der Waals surface area contributed by atoms with Gasteiger partial charge in [0.15, 0.2) is 0 Å². The Morgan fingerprint density at radius 3 is 3.06 bits per heavy atom. The summed E-state index contributed by atoms with van der Waals surface area (Å²) < 4.78 is 1.44. The number of hydrogen-bond donors (Lipinski definition) is 2. The fraction of sp³-hybridized carbons (Fsp3) is 0.273. The molecule has 0 unspecified atom stereocenters. The van der Waals surface area contributed by atoms with E-state index in [4.69, 9.17) is 5.73 Å². The van der Waals surface area contributed by atoms with Crippen molar-refractivity contribution in [1.29, 1.82) is 0 Å². The van der Waals surface area contributed by atoms with Gasteiger partial charge in [0.05, 0.1) is 18.4 Å². The maximum atomic E-state index is 11.8. The number of thiophene rings is 1. The summed E-state index contributed by atoms with van der Waals surface area (Å²) in [6, 6.07) is 3.52. The first-order valence-corrected chi connectivity index (χ1v) is 6.26. The number of aromatic nitrogens is 2. The van der Waals surface area contributed by atoms with Crippen LogP contribution in [0.25, 0.3) is 0 Å². The zero-order valence-electron chi connectivity index (χ0n) is 9.30. The van der Waals surface area contributed by atoms with E-state index in [1.165, 1.54) is 10.7 Å². The van der Waals surface area contributed by atoms with Crippen molar-refractivity contribution in [2.45, 2.75) is 6.54 Å². The van der Waals surface area contributed by atoms with Crippen LogP contribution in [0.2, 0.25) is 0 Å². The van der Waals surface area contributed by atoms with Gasteiger partial charge < -0.3 is 11.1 Å². The smallest absolute Gasteiger partial charge is 0.269 e. The molecule has 3 N–H and O–H groups in total. The molecular weight excluding hydrogens is 236 g/mol. The maximum Gasteiger partial charge on any atom is 0.269 e. The van der Waals surface area contributed by atoms with Crippen molar-refractivity contribution in [1.82, 2.24) is 9.78 Å². The molecule has 0 aromatic carbocycles. The predicted octanol–water partition coefficient (Wildman–Crippen LogP) is 0.724. The van der Waals surface area contributed by atoms with Crippen LogP contribution in [0.15, 0.2) is 33.9 Å². The number of nitrogens with zero attached hydrogens (tertiary/aromatic N) is 2. The van der Waals surface area contributed by atoms with Crippen LogP contribution >= 0.6 is 11.3 Å². The molecule has 0 atom stereocenters. The van der Waals surface area contributed by atoms with E-state index in [-0.39, 0.29) is 5.56 Å². The number of nitrogens with two attached hydrogens (primary N) is 1. The lowest BCUT2D eigenvalue weighted by Crippen LogP contribution is -2.23. The molecule has 6 heteroatoms. The van der Waals surface area contributed by atoms with Crippen LogP contribution in [-0.2, 0) is 6.54 Å². The molecule has 0 saturated heterocycles. The fourth-order valence-electron chi connectivity index (χ4n) is 1.42. The third-order valence-electron chi connectivity index (χ3n) is 2.26. The second kappa shape index (κ2) is 5.60. The van der Waals surface area contributed by atoms with Gasteiger partial charge in [-0.25, -0.2) is 4.68 Å². The van der Waals surface area contributed by atoms with E-state index >= 15 is 0 Å². The summed E-state index contributed by atoms with van der Waals surface area (Å²) in [5.41, 5.74) is 7.06. The largest absolute Gasteiger partial charge is 0.382 e. The van der Waals surface area contributed by atoms with Crippen LogP contribution in [0.3, 0.4) is 0 Å². The topological polar surface area (TPSA) is 72.9 Å². The minimum Gasteiger partial charge on any atom is -0.382 e. The summed E-state index contributed by atoms with van der Waals surface area (Å²) in [6.45, 7) is 1.67. The molecule has 0 spiro atoms. The Bertz CT molecular complexity index is 521. The molecule has 2 aromatic heterocycles. The van der Waals surface area contributed by atoms with Gasteiger partial charge in [-0.1, -0.05) is 0 Å². The molecule has 0 saturated carbocycles. The standard InChI is InChI=1S/C11H14N4OS/c12-2-3-13-10-5-11(16)15(14-6-10)7-9-1-4-17-8-9/h1,4-6,8,13H,2-3,7,12H2. The van der Waals surface area contributed by atoms with Crippen LogP contribution in [-0.4, -0.2) is 22.9 Å². The molecule has 2 aromatic rings. The summed E-state index contributed by atoms with van der Waals surface area (Å²) in [5.74, 6) is 0. The first-order chi connectivity index (χ1) is 8.29. The van der Waals surface area contributed by atoms with E-state index in [9.17, 15) is 4.79 Å². The van der Waals surface area contributed by atoms with Gasteiger partial charge in [-0.2, -0.15) is 16.4 Å². The molecule has 0 aliphatic rings. The lowest BCUT2D eigenvalue weighted by Gasteiger charge is -2.06. The Morgan fingerprint density at radius 2 is 2.41 bits per heavy atom. The minimum atomic E-state index is -0.113. The molecule has 0 fully saturated rings.